The van der Waals surface area contributed by atoms with Crippen molar-refractivity contribution in [3.8, 4) is 5.75 Å². The van der Waals surface area contributed by atoms with Crippen LogP contribution in [0.3, 0.4) is 0 Å². The lowest BCUT2D eigenvalue weighted by Gasteiger charge is -2.36. The number of carboxylic acids is 1. The molecule has 0 radical (unpaired) electrons. The number of rotatable bonds is 13. The second-order valence-corrected chi connectivity index (χ2v) is 11.8. The standard InChI is InChI=1S/C28H35NO5.C7H16O2/c1-6-11-28(7-2,21-9-10-23(33-8-3)18(4)12-21)22-13-19(5)24-15-20(14-22)16-25(34-24)27(32)29-17-26(30)31;1-7(2,3)9-6-5-8-4/h9-10,12-14,16H,6-8,11,15,17H2,1-5H3,(H,29,32)(H,30,31);5-6H2,1-4H3. The summed E-state index contributed by atoms with van der Waals surface area (Å²) >= 11 is 0. The summed E-state index contributed by atoms with van der Waals surface area (Å²) in [5.74, 6) is 0.118. The highest BCUT2D eigenvalue weighted by molar-refractivity contribution is 5.94. The molecule has 1 aliphatic carbocycles. The van der Waals surface area contributed by atoms with Crippen LogP contribution >= 0.6 is 0 Å². The van der Waals surface area contributed by atoms with E-state index in [0.717, 1.165) is 41.7 Å². The number of ether oxygens (including phenoxy) is 4. The summed E-state index contributed by atoms with van der Waals surface area (Å²) < 4.78 is 21.8. The molecule has 2 bridgehead atoms. The van der Waals surface area contributed by atoms with Gasteiger partial charge >= 0.3 is 5.97 Å². The lowest BCUT2D eigenvalue weighted by atomic mass is 9.68. The molecular formula is C35H51NO7. The number of amides is 1. The van der Waals surface area contributed by atoms with Crippen LogP contribution in [0.4, 0.5) is 0 Å². The van der Waals surface area contributed by atoms with Gasteiger partial charge in [-0.2, -0.15) is 0 Å². The molecule has 2 aliphatic rings. The largest absolute Gasteiger partial charge is 0.494 e. The maximum absolute atomic E-state index is 12.5. The predicted octanol–water partition coefficient (Wildman–Crippen LogP) is 6.93. The Morgan fingerprint density at radius 3 is 2.33 bits per heavy atom. The molecule has 238 valence electrons. The summed E-state index contributed by atoms with van der Waals surface area (Å²) in [7, 11) is 1.67. The van der Waals surface area contributed by atoms with Gasteiger partial charge in [0.15, 0.2) is 5.76 Å². The number of benzene rings is 1. The number of nitrogens with one attached hydrogen (secondary N) is 1. The first-order valence-electron chi connectivity index (χ1n) is 15.2. The van der Waals surface area contributed by atoms with Crippen molar-refractivity contribution in [2.24, 2.45) is 0 Å². The highest BCUT2D eigenvalue weighted by Crippen LogP contribution is 2.45. The Morgan fingerprint density at radius 1 is 1.05 bits per heavy atom. The highest BCUT2D eigenvalue weighted by Gasteiger charge is 2.35. The molecule has 1 aliphatic heterocycles. The number of carboxylic acid groups (broad SMARTS) is 1. The summed E-state index contributed by atoms with van der Waals surface area (Å²) in [6.07, 6.45) is 9.59. The van der Waals surface area contributed by atoms with E-state index >= 15 is 0 Å². The Labute approximate surface area is 257 Å². The molecule has 1 aromatic carbocycles. The van der Waals surface area contributed by atoms with E-state index in [-0.39, 0.29) is 16.8 Å². The molecule has 3 rings (SSSR count). The minimum Gasteiger partial charge on any atom is -0.494 e. The van der Waals surface area contributed by atoms with Crippen LogP contribution in [-0.2, 0) is 29.2 Å². The van der Waals surface area contributed by atoms with Crippen LogP contribution in [0, 0.1) is 6.92 Å². The van der Waals surface area contributed by atoms with Gasteiger partial charge in [-0.3, -0.25) is 9.59 Å². The van der Waals surface area contributed by atoms with Gasteiger partial charge in [-0.15, -0.1) is 0 Å². The van der Waals surface area contributed by atoms with Gasteiger partial charge in [0.2, 0.25) is 0 Å². The minimum atomic E-state index is -1.10. The molecular weight excluding hydrogens is 546 g/mol. The second-order valence-electron chi connectivity index (χ2n) is 11.8. The Kier molecular flexibility index (Phi) is 13.7. The minimum absolute atomic E-state index is 0.0292. The summed E-state index contributed by atoms with van der Waals surface area (Å²) in [6.45, 7) is 18.1. The zero-order chi connectivity index (χ0) is 32.2. The normalized spacial score (nSPS) is 15.9. The third kappa shape index (κ3) is 10.4. The predicted molar refractivity (Wildman–Crippen MR) is 170 cm³/mol. The molecule has 2 N–H and O–H groups in total. The first kappa shape index (κ1) is 35.8. The Balaban J connectivity index is 0.000000621. The summed E-state index contributed by atoms with van der Waals surface area (Å²) in [5, 5.41) is 11.3. The van der Waals surface area contributed by atoms with E-state index in [1.54, 1.807) is 13.2 Å². The fraction of sp³-hybridized carbons (Fsp3) is 0.543. The van der Waals surface area contributed by atoms with E-state index in [1.165, 1.54) is 11.1 Å². The fourth-order valence-corrected chi connectivity index (χ4v) is 5.26. The van der Waals surface area contributed by atoms with Crippen LogP contribution in [0.5, 0.6) is 5.75 Å². The van der Waals surface area contributed by atoms with Crippen molar-refractivity contribution in [1.82, 2.24) is 5.32 Å². The van der Waals surface area contributed by atoms with Crippen LogP contribution in [0.15, 0.2) is 64.7 Å². The van der Waals surface area contributed by atoms with E-state index in [0.29, 0.717) is 32.0 Å². The summed E-state index contributed by atoms with van der Waals surface area (Å²) in [4.78, 5) is 23.3. The van der Waals surface area contributed by atoms with Gasteiger partial charge in [0.1, 0.15) is 18.1 Å². The smallest absolute Gasteiger partial charge is 0.322 e. The third-order valence-corrected chi connectivity index (χ3v) is 7.37. The van der Waals surface area contributed by atoms with Gasteiger partial charge in [-0.25, -0.2) is 0 Å². The number of hydrogen-bond acceptors (Lipinski definition) is 6. The zero-order valence-corrected chi connectivity index (χ0v) is 27.5. The van der Waals surface area contributed by atoms with Gasteiger partial charge < -0.3 is 29.4 Å². The van der Waals surface area contributed by atoms with Crippen molar-refractivity contribution in [2.45, 2.75) is 92.1 Å². The molecule has 1 heterocycles. The van der Waals surface area contributed by atoms with Crippen LogP contribution in [0.2, 0.25) is 0 Å². The highest BCUT2D eigenvalue weighted by atomic mass is 16.5. The average Bonchev–Trinajstić information content (AvgIpc) is 3.06. The molecule has 1 aromatic rings. The van der Waals surface area contributed by atoms with Gasteiger partial charge in [0, 0.05) is 18.9 Å². The Morgan fingerprint density at radius 2 is 1.77 bits per heavy atom. The number of aliphatic carboxylic acids is 1. The fourth-order valence-electron chi connectivity index (χ4n) is 5.26. The number of carbonyl (C=O) groups is 2. The van der Waals surface area contributed by atoms with Gasteiger partial charge in [-0.1, -0.05) is 44.6 Å². The third-order valence-electron chi connectivity index (χ3n) is 7.37. The molecule has 0 saturated carbocycles. The maximum atomic E-state index is 12.5. The average molecular weight is 598 g/mol. The monoisotopic (exact) mass is 597 g/mol. The van der Waals surface area contributed by atoms with E-state index in [4.69, 9.17) is 24.1 Å². The molecule has 0 aromatic heterocycles. The van der Waals surface area contributed by atoms with E-state index < -0.39 is 18.4 Å². The van der Waals surface area contributed by atoms with Crippen molar-refractivity contribution in [2.75, 3.05) is 33.5 Å². The second kappa shape index (κ2) is 16.5. The molecule has 1 amide bonds. The molecule has 8 heteroatoms. The van der Waals surface area contributed by atoms with Crippen LogP contribution < -0.4 is 10.1 Å². The Hall–Kier alpha value is -3.36. The maximum Gasteiger partial charge on any atom is 0.322 e. The molecule has 8 nitrogen and oxygen atoms in total. The molecule has 0 fully saturated rings. The molecule has 0 saturated heterocycles. The number of allylic oxidation sites excluding steroid dienone is 6. The van der Waals surface area contributed by atoms with Crippen LogP contribution in [-0.4, -0.2) is 56.1 Å². The quantitative estimate of drug-likeness (QED) is 0.238. The lowest BCUT2D eigenvalue weighted by Crippen LogP contribution is -2.31. The Bertz CT molecular complexity index is 1250. The summed E-state index contributed by atoms with van der Waals surface area (Å²) in [5.41, 5.74) is 5.27. The van der Waals surface area contributed by atoms with E-state index in [1.807, 2.05) is 34.6 Å². The van der Waals surface area contributed by atoms with Gasteiger partial charge in [-0.05, 0) is 94.4 Å². The van der Waals surface area contributed by atoms with Gasteiger partial charge in [0.05, 0.1) is 25.4 Å². The van der Waals surface area contributed by atoms with Gasteiger partial charge in [0.25, 0.3) is 5.91 Å². The first-order valence-corrected chi connectivity index (χ1v) is 15.2. The molecule has 1 atom stereocenters. The number of aryl methyl sites for hydroxylation is 1. The molecule has 0 spiro atoms. The van der Waals surface area contributed by atoms with Crippen molar-refractivity contribution in [3.63, 3.8) is 0 Å². The first-order chi connectivity index (χ1) is 20.3. The van der Waals surface area contributed by atoms with Crippen molar-refractivity contribution in [1.29, 1.82) is 0 Å². The zero-order valence-electron chi connectivity index (χ0n) is 27.5. The summed E-state index contributed by atoms with van der Waals surface area (Å²) in [6, 6.07) is 6.48. The van der Waals surface area contributed by atoms with Crippen LogP contribution in [0.1, 0.15) is 85.3 Å². The number of methoxy groups -OCH3 is 1. The molecule has 43 heavy (non-hydrogen) atoms. The number of fused-ring (bicyclic) bond motifs is 2. The number of hydrogen-bond donors (Lipinski definition) is 2. The lowest BCUT2D eigenvalue weighted by molar-refractivity contribution is -0.137. The number of carbonyl (C=O) groups excluding carboxylic acids is 1. The van der Waals surface area contributed by atoms with E-state index in [9.17, 15) is 9.59 Å². The van der Waals surface area contributed by atoms with Crippen molar-refractivity contribution in [3.05, 3.63) is 75.8 Å². The van der Waals surface area contributed by atoms with Crippen molar-refractivity contribution >= 4 is 11.9 Å². The molecule has 1 unspecified atom stereocenters. The van der Waals surface area contributed by atoms with Crippen molar-refractivity contribution < 1.29 is 33.6 Å². The van der Waals surface area contributed by atoms with E-state index in [2.05, 4.69) is 56.4 Å². The SMILES string of the molecule is CCCC(CC)(C1=CC(C)=C2CC(=C1)C=C(C(=O)NCC(=O)O)O2)c1ccc(OCC)c(C)c1.COCCOC(C)(C)C. The van der Waals surface area contributed by atoms with Crippen LogP contribution in [0.25, 0.3) is 0 Å². The topological polar surface area (TPSA) is 103 Å².